The fourth-order valence-electron chi connectivity index (χ4n) is 4.06. The number of amides is 1. The Morgan fingerprint density at radius 2 is 2.00 bits per heavy atom. The van der Waals surface area contributed by atoms with Gasteiger partial charge in [0.1, 0.15) is 35.3 Å². The smallest absolute Gasteiger partial charge is 0.255 e. The first-order valence-corrected chi connectivity index (χ1v) is 11.3. The van der Waals surface area contributed by atoms with Crippen molar-refractivity contribution in [2.75, 3.05) is 30.4 Å². The van der Waals surface area contributed by atoms with Crippen LogP contribution < -0.4 is 15.5 Å². The Balaban J connectivity index is 1.57. The number of hydrogen-bond donors (Lipinski definition) is 2. The van der Waals surface area contributed by atoms with Crippen LogP contribution in [0.5, 0.6) is 0 Å². The monoisotopic (exact) mass is 469 g/mol. The molecule has 2 N–H and O–H groups in total. The first-order valence-electron chi connectivity index (χ1n) is 11.3. The third kappa shape index (κ3) is 4.85. The Morgan fingerprint density at radius 1 is 1.21 bits per heavy atom. The predicted molar refractivity (Wildman–Crippen MR) is 127 cm³/mol. The summed E-state index contributed by atoms with van der Waals surface area (Å²) in [6.45, 7) is 7.02. The quantitative estimate of drug-likeness (QED) is 0.571. The molecule has 2 aromatic heterocycles. The number of aromatic nitrogens is 4. The van der Waals surface area contributed by atoms with Gasteiger partial charge in [0.25, 0.3) is 5.91 Å². The van der Waals surface area contributed by atoms with Crippen molar-refractivity contribution in [3.05, 3.63) is 54.0 Å². The van der Waals surface area contributed by atoms with Gasteiger partial charge in [-0.15, -0.1) is 0 Å². The summed E-state index contributed by atoms with van der Waals surface area (Å²) in [6.07, 6.45) is 5.01. The van der Waals surface area contributed by atoms with Gasteiger partial charge >= 0.3 is 0 Å². The highest BCUT2D eigenvalue weighted by Gasteiger charge is 2.28. The number of benzene rings is 1. The summed E-state index contributed by atoms with van der Waals surface area (Å²) in [4.78, 5) is 23.9. The van der Waals surface area contributed by atoms with Crippen LogP contribution in [0.15, 0.2) is 36.8 Å². The second-order valence-corrected chi connectivity index (χ2v) is 9.34. The Hall–Kier alpha value is -3.56. The van der Waals surface area contributed by atoms with E-state index in [0.717, 1.165) is 43.2 Å². The van der Waals surface area contributed by atoms with Crippen LogP contribution in [0.1, 0.15) is 44.0 Å². The number of nitrogens with zero attached hydrogens (tertiary/aromatic N) is 5. The van der Waals surface area contributed by atoms with Crippen LogP contribution in [-0.2, 0) is 5.54 Å². The summed E-state index contributed by atoms with van der Waals surface area (Å²) in [5.74, 6) is -0.292. The Labute approximate surface area is 197 Å². The van der Waals surface area contributed by atoms with Crippen molar-refractivity contribution < 1.29 is 13.6 Å². The molecule has 1 fully saturated rings. The largest absolute Gasteiger partial charge is 0.373 e. The van der Waals surface area contributed by atoms with E-state index in [0.29, 0.717) is 6.54 Å². The van der Waals surface area contributed by atoms with Crippen molar-refractivity contribution in [3.63, 3.8) is 0 Å². The van der Waals surface area contributed by atoms with E-state index in [2.05, 4.69) is 30.6 Å². The van der Waals surface area contributed by atoms with Crippen LogP contribution in [0.3, 0.4) is 0 Å². The van der Waals surface area contributed by atoms with Crippen LogP contribution in [0, 0.1) is 11.6 Å². The molecule has 0 aliphatic carbocycles. The number of hydrogen-bond acceptors (Lipinski definition) is 6. The molecule has 0 radical (unpaired) electrons. The fraction of sp³-hybridized carbons (Fsp3) is 0.417. The average molecular weight is 470 g/mol. The zero-order chi connectivity index (χ0) is 24.5. The number of halogens is 2. The normalized spacial score (nSPS) is 16.1. The van der Waals surface area contributed by atoms with Crippen molar-refractivity contribution in [2.45, 2.75) is 45.2 Å². The lowest BCUT2D eigenvalue weighted by Crippen LogP contribution is -2.40. The SMILES string of the molecule is CNc1cc(N2CCCC2CNC(=O)c2cn(C(C)(C)C)nc2-c2ccc(F)cc2F)ncn1. The highest BCUT2D eigenvalue weighted by Crippen LogP contribution is 2.29. The minimum atomic E-state index is -0.765. The summed E-state index contributed by atoms with van der Waals surface area (Å²) in [7, 11) is 1.80. The molecule has 1 aliphatic heterocycles. The van der Waals surface area contributed by atoms with E-state index in [1.807, 2.05) is 26.8 Å². The summed E-state index contributed by atoms with van der Waals surface area (Å²) < 4.78 is 29.7. The second-order valence-electron chi connectivity index (χ2n) is 9.34. The van der Waals surface area contributed by atoms with Crippen molar-refractivity contribution in [1.82, 2.24) is 25.1 Å². The maximum Gasteiger partial charge on any atom is 0.255 e. The molecule has 180 valence electrons. The van der Waals surface area contributed by atoms with Crippen LogP contribution in [0.25, 0.3) is 11.3 Å². The maximum atomic E-state index is 14.6. The molecule has 0 bridgehead atoms. The van der Waals surface area contributed by atoms with E-state index in [1.54, 1.807) is 17.9 Å². The highest BCUT2D eigenvalue weighted by atomic mass is 19.1. The van der Waals surface area contributed by atoms with Gasteiger partial charge in [0.05, 0.1) is 11.1 Å². The third-order valence-corrected chi connectivity index (χ3v) is 5.91. The minimum Gasteiger partial charge on any atom is -0.373 e. The number of rotatable bonds is 6. The molecule has 1 saturated heterocycles. The number of nitrogens with one attached hydrogen (secondary N) is 2. The van der Waals surface area contributed by atoms with Gasteiger partial charge in [-0.05, 0) is 45.7 Å². The van der Waals surface area contributed by atoms with E-state index in [-0.39, 0.29) is 28.8 Å². The lowest BCUT2D eigenvalue weighted by Gasteiger charge is -2.26. The van der Waals surface area contributed by atoms with Crippen molar-refractivity contribution in [1.29, 1.82) is 0 Å². The van der Waals surface area contributed by atoms with Gasteiger partial charge in [-0.2, -0.15) is 5.10 Å². The molecule has 1 unspecified atom stereocenters. The number of carbonyl (C=O) groups is 1. The maximum absolute atomic E-state index is 14.6. The Kier molecular flexibility index (Phi) is 6.49. The third-order valence-electron chi connectivity index (χ3n) is 5.91. The predicted octanol–water partition coefficient (Wildman–Crippen LogP) is 3.81. The topological polar surface area (TPSA) is 88.0 Å². The summed E-state index contributed by atoms with van der Waals surface area (Å²) in [6, 6.07) is 5.21. The molecule has 1 atom stereocenters. The van der Waals surface area contributed by atoms with Gasteiger partial charge in [-0.3, -0.25) is 9.48 Å². The Morgan fingerprint density at radius 3 is 2.71 bits per heavy atom. The lowest BCUT2D eigenvalue weighted by molar-refractivity contribution is 0.0951. The van der Waals surface area contributed by atoms with Gasteiger partial charge in [-0.25, -0.2) is 18.7 Å². The van der Waals surface area contributed by atoms with Gasteiger partial charge in [0.2, 0.25) is 0 Å². The average Bonchev–Trinajstić information content (AvgIpc) is 3.45. The van der Waals surface area contributed by atoms with Crippen molar-refractivity contribution in [2.24, 2.45) is 0 Å². The van der Waals surface area contributed by atoms with Crippen LogP contribution >= 0.6 is 0 Å². The molecule has 0 spiro atoms. The first-order chi connectivity index (χ1) is 16.2. The molecule has 1 aromatic carbocycles. The summed E-state index contributed by atoms with van der Waals surface area (Å²) in [5, 5.41) is 10.5. The van der Waals surface area contributed by atoms with Crippen molar-refractivity contribution in [3.8, 4) is 11.3 Å². The fourth-order valence-corrected chi connectivity index (χ4v) is 4.06. The molecular weight excluding hydrogens is 440 g/mol. The van der Waals surface area contributed by atoms with E-state index in [4.69, 9.17) is 0 Å². The zero-order valence-electron chi connectivity index (χ0n) is 19.8. The molecule has 1 aliphatic rings. The van der Waals surface area contributed by atoms with Crippen LogP contribution in [0.4, 0.5) is 20.4 Å². The second kappa shape index (κ2) is 9.36. The summed E-state index contributed by atoms with van der Waals surface area (Å²) in [5.41, 5.74) is 0.0779. The standard InChI is InChI=1S/C24H29F2N7O/c1-24(2,3)33-13-18(22(31-33)17-8-7-15(25)10-19(17)26)23(34)28-12-16-6-5-9-32(16)21-11-20(27-4)29-14-30-21/h7-8,10-11,13-14,16H,5-6,9,12H2,1-4H3,(H,28,34)(H,27,29,30). The molecule has 10 heteroatoms. The Bertz CT molecular complexity index is 1190. The van der Waals surface area contributed by atoms with Gasteiger partial charge < -0.3 is 15.5 Å². The van der Waals surface area contributed by atoms with Gasteiger partial charge in [0.15, 0.2) is 0 Å². The van der Waals surface area contributed by atoms with E-state index in [9.17, 15) is 13.6 Å². The molecule has 1 amide bonds. The minimum absolute atomic E-state index is 0.0622. The molecule has 3 heterocycles. The van der Waals surface area contributed by atoms with Gasteiger partial charge in [-0.1, -0.05) is 0 Å². The van der Waals surface area contributed by atoms with Crippen LogP contribution in [-0.4, -0.2) is 51.8 Å². The number of anilines is 2. The van der Waals surface area contributed by atoms with Gasteiger partial charge in [0, 0.05) is 50.1 Å². The molecule has 0 saturated carbocycles. The van der Waals surface area contributed by atoms with E-state index >= 15 is 0 Å². The zero-order valence-corrected chi connectivity index (χ0v) is 19.8. The van der Waals surface area contributed by atoms with E-state index in [1.165, 1.54) is 12.4 Å². The molecule has 3 aromatic rings. The van der Waals surface area contributed by atoms with Crippen molar-refractivity contribution >= 4 is 17.5 Å². The molecule has 8 nitrogen and oxygen atoms in total. The van der Waals surface area contributed by atoms with E-state index < -0.39 is 17.2 Å². The summed E-state index contributed by atoms with van der Waals surface area (Å²) >= 11 is 0. The van der Waals surface area contributed by atoms with Crippen LogP contribution in [0.2, 0.25) is 0 Å². The molecule has 34 heavy (non-hydrogen) atoms. The first kappa shape index (κ1) is 23.6. The molecule has 4 rings (SSSR count). The number of carbonyl (C=O) groups excluding carboxylic acids is 1. The highest BCUT2D eigenvalue weighted by molar-refractivity contribution is 5.99. The molecular formula is C24H29F2N7O. The lowest BCUT2D eigenvalue weighted by atomic mass is 10.1.